The summed E-state index contributed by atoms with van der Waals surface area (Å²) < 4.78 is 15.4. The summed E-state index contributed by atoms with van der Waals surface area (Å²) in [6.45, 7) is 5.54. The van der Waals surface area contributed by atoms with E-state index in [4.69, 9.17) is 0 Å². The highest BCUT2D eigenvalue weighted by atomic mass is 19.1. The lowest BCUT2D eigenvalue weighted by molar-refractivity contribution is 0.102. The van der Waals surface area contributed by atoms with Gasteiger partial charge in [-0.2, -0.15) is 5.10 Å². The van der Waals surface area contributed by atoms with Gasteiger partial charge >= 0.3 is 0 Å². The lowest BCUT2D eigenvalue weighted by atomic mass is 10.1. The predicted molar refractivity (Wildman–Crippen MR) is 117 cm³/mol. The Labute approximate surface area is 179 Å². The average molecular weight is 416 g/mol. The summed E-state index contributed by atoms with van der Waals surface area (Å²) in [7, 11) is 0. The molecule has 7 nitrogen and oxygen atoms in total. The molecule has 0 spiro atoms. The normalized spacial score (nSPS) is 10.7. The summed E-state index contributed by atoms with van der Waals surface area (Å²) in [4.78, 5) is 12.3. The number of hydrogen-bond acceptors (Lipinski definition) is 5. The fourth-order valence-electron chi connectivity index (χ4n) is 3.09. The van der Waals surface area contributed by atoms with E-state index in [-0.39, 0.29) is 11.5 Å². The minimum absolute atomic E-state index is 0.267. The maximum Gasteiger partial charge on any atom is 0.255 e. The number of anilines is 3. The first-order valence-corrected chi connectivity index (χ1v) is 9.71. The van der Waals surface area contributed by atoms with Gasteiger partial charge in [-0.1, -0.05) is 6.07 Å². The molecule has 0 saturated heterocycles. The van der Waals surface area contributed by atoms with E-state index in [1.807, 2.05) is 44.2 Å². The second-order valence-corrected chi connectivity index (χ2v) is 7.24. The third-order valence-electron chi connectivity index (χ3n) is 4.73. The Balaban J connectivity index is 1.41. The van der Waals surface area contributed by atoms with E-state index < -0.39 is 5.82 Å². The van der Waals surface area contributed by atoms with E-state index >= 15 is 0 Å². The monoisotopic (exact) mass is 416 g/mol. The number of benzene rings is 2. The van der Waals surface area contributed by atoms with Gasteiger partial charge in [-0.3, -0.25) is 4.79 Å². The summed E-state index contributed by atoms with van der Waals surface area (Å²) in [5, 5.41) is 18.7. The number of carbonyl (C=O) groups excluding carboxylic acids is 1. The minimum Gasteiger partial charge on any atom is -0.339 e. The van der Waals surface area contributed by atoms with E-state index in [2.05, 4.69) is 25.9 Å². The van der Waals surface area contributed by atoms with Crippen LogP contribution in [-0.2, 0) is 0 Å². The van der Waals surface area contributed by atoms with Gasteiger partial charge < -0.3 is 10.6 Å². The zero-order chi connectivity index (χ0) is 22.0. The summed E-state index contributed by atoms with van der Waals surface area (Å²) in [5.41, 5.74) is 4.05. The van der Waals surface area contributed by atoms with Crippen molar-refractivity contribution in [2.24, 2.45) is 0 Å². The Morgan fingerprint density at radius 2 is 1.65 bits per heavy atom. The van der Waals surface area contributed by atoms with Gasteiger partial charge in [0.25, 0.3) is 5.91 Å². The molecule has 2 heterocycles. The SMILES string of the molecule is Cc1cc(C)n(-c2ccc(Nc3ccc(NC(=O)c4ccc(C)c(F)c4)cc3)nn2)n1. The smallest absolute Gasteiger partial charge is 0.255 e. The molecule has 0 radical (unpaired) electrons. The molecule has 156 valence electrons. The predicted octanol–water partition coefficient (Wildman–Crippen LogP) is 4.72. The zero-order valence-electron chi connectivity index (χ0n) is 17.3. The number of nitrogens with one attached hydrogen (secondary N) is 2. The molecule has 1 amide bonds. The summed E-state index contributed by atoms with van der Waals surface area (Å²) in [6, 6.07) is 17.2. The molecule has 4 aromatic rings. The molecular formula is C23H21FN6O. The fourth-order valence-corrected chi connectivity index (χ4v) is 3.09. The van der Waals surface area contributed by atoms with Gasteiger partial charge in [0.1, 0.15) is 5.82 Å². The van der Waals surface area contributed by atoms with Crippen molar-refractivity contribution in [3.63, 3.8) is 0 Å². The summed E-state index contributed by atoms with van der Waals surface area (Å²) >= 11 is 0. The number of aromatic nitrogens is 4. The van der Waals surface area contributed by atoms with Gasteiger partial charge in [0.15, 0.2) is 11.6 Å². The molecule has 0 aliphatic carbocycles. The highest BCUT2D eigenvalue weighted by Gasteiger charge is 2.09. The van der Waals surface area contributed by atoms with Crippen LogP contribution in [0.2, 0.25) is 0 Å². The number of aryl methyl sites for hydroxylation is 3. The average Bonchev–Trinajstić information content (AvgIpc) is 3.10. The standard InChI is InChI=1S/C23H21FN6O/c1-14-4-5-17(13-20(14)24)23(31)26-19-8-6-18(7-9-19)25-21-10-11-22(28-27-21)30-16(3)12-15(2)29-30/h4-13H,1-3H3,(H,25,27)(H,26,31). The molecule has 2 aromatic carbocycles. The molecule has 31 heavy (non-hydrogen) atoms. The Hall–Kier alpha value is -4.07. The topological polar surface area (TPSA) is 84.7 Å². The van der Waals surface area contributed by atoms with Crippen molar-refractivity contribution in [1.82, 2.24) is 20.0 Å². The number of amides is 1. The van der Waals surface area contributed by atoms with Gasteiger partial charge in [-0.05, 0) is 80.9 Å². The number of carbonyl (C=O) groups is 1. The fraction of sp³-hybridized carbons (Fsp3) is 0.130. The van der Waals surface area contributed by atoms with Crippen LogP contribution in [0.25, 0.3) is 5.82 Å². The van der Waals surface area contributed by atoms with Crippen molar-refractivity contribution in [2.45, 2.75) is 20.8 Å². The number of hydrogen-bond donors (Lipinski definition) is 2. The maximum atomic E-state index is 13.7. The molecule has 0 saturated carbocycles. The molecule has 0 aliphatic rings. The van der Waals surface area contributed by atoms with Crippen LogP contribution in [0.1, 0.15) is 27.3 Å². The van der Waals surface area contributed by atoms with E-state index in [9.17, 15) is 9.18 Å². The highest BCUT2D eigenvalue weighted by Crippen LogP contribution is 2.19. The molecule has 0 bridgehead atoms. The summed E-state index contributed by atoms with van der Waals surface area (Å²) in [6.07, 6.45) is 0. The van der Waals surface area contributed by atoms with E-state index in [1.165, 1.54) is 6.07 Å². The Morgan fingerprint density at radius 1 is 0.903 bits per heavy atom. The third-order valence-corrected chi connectivity index (χ3v) is 4.73. The largest absolute Gasteiger partial charge is 0.339 e. The van der Waals surface area contributed by atoms with Gasteiger partial charge in [0.2, 0.25) is 0 Å². The van der Waals surface area contributed by atoms with E-state index in [1.54, 1.807) is 35.9 Å². The Kier molecular flexibility index (Phi) is 5.44. The van der Waals surface area contributed by atoms with Crippen LogP contribution in [-0.4, -0.2) is 25.9 Å². The first kappa shape index (κ1) is 20.2. The molecule has 4 rings (SSSR count). The van der Waals surface area contributed by atoms with Crippen LogP contribution < -0.4 is 10.6 Å². The number of rotatable bonds is 5. The van der Waals surface area contributed by atoms with Crippen LogP contribution in [0, 0.1) is 26.6 Å². The molecule has 0 aliphatic heterocycles. The lowest BCUT2D eigenvalue weighted by Gasteiger charge is -2.09. The van der Waals surface area contributed by atoms with E-state index in [0.29, 0.717) is 22.9 Å². The van der Waals surface area contributed by atoms with Crippen molar-refractivity contribution in [3.8, 4) is 5.82 Å². The number of nitrogens with zero attached hydrogens (tertiary/aromatic N) is 4. The van der Waals surface area contributed by atoms with Crippen molar-refractivity contribution in [3.05, 3.63) is 89.0 Å². The molecular weight excluding hydrogens is 395 g/mol. The van der Waals surface area contributed by atoms with Crippen molar-refractivity contribution in [1.29, 1.82) is 0 Å². The first-order valence-electron chi connectivity index (χ1n) is 9.71. The van der Waals surface area contributed by atoms with Crippen molar-refractivity contribution < 1.29 is 9.18 Å². The van der Waals surface area contributed by atoms with Crippen LogP contribution in [0.3, 0.4) is 0 Å². The molecule has 2 aromatic heterocycles. The Bertz CT molecular complexity index is 1230. The van der Waals surface area contributed by atoms with Gasteiger partial charge in [0, 0.05) is 22.6 Å². The van der Waals surface area contributed by atoms with Crippen molar-refractivity contribution in [2.75, 3.05) is 10.6 Å². The molecule has 0 atom stereocenters. The Morgan fingerprint density at radius 3 is 2.26 bits per heavy atom. The molecule has 0 fully saturated rings. The number of halogens is 1. The minimum atomic E-state index is -0.405. The summed E-state index contributed by atoms with van der Waals surface area (Å²) in [5.74, 6) is 0.446. The van der Waals surface area contributed by atoms with Gasteiger partial charge in [-0.15, -0.1) is 10.2 Å². The van der Waals surface area contributed by atoms with Crippen LogP contribution in [0.15, 0.2) is 60.7 Å². The maximum absolute atomic E-state index is 13.7. The molecule has 2 N–H and O–H groups in total. The van der Waals surface area contributed by atoms with E-state index in [0.717, 1.165) is 17.1 Å². The van der Waals surface area contributed by atoms with Gasteiger partial charge in [0.05, 0.1) is 5.69 Å². The first-order chi connectivity index (χ1) is 14.9. The van der Waals surface area contributed by atoms with Crippen molar-refractivity contribution >= 4 is 23.1 Å². The van der Waals surface area contributed by atoms with Gasteiger partial charge in [-0.25, -0.2) is 9.07 Å². The second kappa shape index (κ2) is 8.35. The quantitative estimate of drug-likeness (QED) is 0.492. The second-order valence-electron chi connectivity index (χ2n) is 7.24. The highest BCUT2D eigenvalue weighted by molar-refractivity contribution is 6.04. The lowest BCUT2D eigenvalue weighted by Crippen LogP contribution is -2.12. The molecule has 0 unspecified atom stereocenters. The zero-order valence-corrected chi connectivity index (χ0v) is 17.3. The van der Waals surface area contributed by atoms with Crippen LogP contribution in [0.4, 0.5) is 21.6 Å². The molecule has 8 heteroatoms. The third kappa shape index (κ3) is 4.58. The van der Waals surface area contributed by atoms with Crippen LogP contribution in [0.5, 0.6) is 0 Å². The van der Waals surface area contributed by atoms with Crippen LogP contribution >= 0.6 is 0 Å².